The smallest absolute Gasteiger partial charge is 0.226 e. The predicted molar refractivity (Wildman–Crippen MR) is 87.8 cm³/mol. The van der Waals surface area contributed by atoms with E-state index in [0.717, 1.165) is 30.8 Å². The third kappa shape index (κ3) is 3.08. The number of hydrogen-bond donors (Lipinski definition) is 3. The van der Waals surface area contributed by atoms with Crippen LogP contribution in [0.1, 0.15) is 37.3 Å². The Bertz CT molecular complexity index is 600. The maximum absolute atomic E-state index is 12.6. The molecule has 124 valence electrons. The first-order valence-electron chi connectivity index (χ1n) is 8.76. The average molecular weight is 315 g/mol. The van der Waals surface area contributed by atoms with Crippen molar-refractivity contribution in [1.82, 2.24) is 16.2 Å². The summed E-state index contributed by atoms with van der Waals surface area (Å²) in [6.45, 7) is 3.48. The van der Waals surface area contributed by atoms with Crippen LogP contribution in [0.2, 0.25) is 0 Å². The molecule has 0 radical (unpaired) electrons. The zero-order valence-electron chi connectivity index (χ0n) is 13.6. The van der Waals surface area contributed by atoms with Gasteiger partial charge in [-0.1, -0.05) is 12.1 Å². The van der Waals surface area contributed by atoms with Crippen LogP contribution in [-0.2, 0) is 17.8 Å². The van der Waals surface area contributed by atoms with E-state index in [0.29, 0.717) is 12.5 Å². The lowest BCUT2D eigenvalue weighted by Crippen LogP contribution is -2.41. The maximum Gasteiger partial charge on any atom is 0.226 e. The second-order valence-electron chi connectivity index (χ2n) is 7.08. The molecule has 0 spiro atoms. The molecule has 23 heavy (non-hydrogen) atoms. The number of amides is 1. The van der Waals surface area contributed by atoms with Crippen LogP contribution < -0.4 is 20.9 Å². The quantitative estimate of drug-likeness (QED) is 0.788. The predicted octanol–water partition coefficient (Wildman–Crippen LogP) is 1.52. The third-order valence-electron chi connectivity index (χ3n) is 5.28. The average Bonchev–Trinajstić information content (AvgIpc) is 3.35. The van der Waals surface area contributed by atoms with Crippen molar-refractivity contribution in [3.63, 3.8) is 0 Å². The standard InChI is InChI=1S/C18H25N3O2/c1-11-16(17(21-20-11)13-5-6-13)18(22)19-10-12-4-7-15-14(9-12)3-2-8-23-15/h4,7,9,11,13,16-17,20-21H,2-3,5-6,8,10H2,1H3,(H,19,22). The fourth-order valence-electron chi connectivity index (χ4n) is 3.81. The lowest BCUT2D eigenvalue weighted by molar-refractivity contribution is -0.125. The van der Waals surface area contributed by atoms with Gasteiger partial charge in [0.25, 0.3) is 0 Å². The molecule has 2 aliphatic heterocycles. The summed E-state index contributed by atoms with van der Waals surface area (Å²) in [5, 5.41) is 3.13. The zero-order valence-corrected chi connectivity index (χ0v) is 13.6. The normalized spacial score (nSPS) is 29.7. The van der Waals surface area contributed by atoms with Crippen molar-refractivity contribution in [3.8, 4) is 5.75 Å². The first kappa shape index (κ1) is 15.0. The Hall–Kier alpha value is -1.59. The monoisotopic (exact) mass is 315 g/mol. The molecule has 1 aliphatic carbocycles. The summed E-state index contributed by atoms with van der Waals surface area (Å²) >= 11 is 0. The number of carbonyl (C=O) groups is 1. The molecule has 3 atom stereocenters. The molecule has 3 N–H and O–H groups in total. The number of aryl methyl sites for hydroxylation is 1. The molecule has 2 heterocycles. The highest BCUT2D eigenvalue weighted by atomic mass is 16.5. The van der Waals surface area contributed by atoms with Crippen molar-refractivity contribution in [1.29, 1.82) is 0 Å². The van der Waals surface area contributed by atoms with Gasteiger partial charge in [-0.3, -0.25) is 15.6 Å². The number of hydrogen-bond acceptors (Lipinski definition) is 4. The summed E-state index contributed by atoms with van der Waals surface area (Å²) in [4.78, 5) is 12.6. The molecule has 1 aromatic carbocycles. The molecule has 5 nitrogen and oxygen atoms in total. The van der Waals surface area contributed by atoms with Gasteiger partial charge in [0.1, 0.15) is 5.75 Å². The Morgan fingerprint density at radius 3 is 3.04 bits per heavy atom. The molecule has 0 bridgehead atoms. The number of ether oxygens (including phenoxy) is 1. The van der Waals surface area contributed by atoms with E-state index in [1.54, 1.807) is 0 Å². The molecule has 1 amide bonds. The minimum atomic E-state index is 0.0171. The summed E-state index contributed by atoms with van der Waals surface area (Å²) < 4.78 is 5.64. The van der Waals surface area contributed by atoms with E-state index in [2.05, 4.69) is 35.2 Å². The van der Waals surface area contributed by atoms with E-state index in [9.17, 15) is 4.79 Å². The van der Waals surface area contributed by atoms with Crippen molar-refractivity contribution in [2.45, 2.75) is 51.2 Å². The number of fused-ring (bicyclic) bond motifs is 1. The van der Waals surface area contributed by atoms with Crippen molar-refractivity contribution >= 4 is 5.91 Å². The van der Waals surface area contributed by atoms with Crippen LogP contribution in [0.5, 0.6) is 5.75 Å². The lowest BCUT2D eigenvalue weighted by Gasteiger charge is -2.21. The van der Waals surface area contributed by atoms with Crippen LogP contribution in [0.15, 0.2) is 18.2 Å². The summed E-state index contributed by atoms with van der Waals surface area (Å²) in [5.74, 6) is 1.83. The van der Waals surface area contributed by atoms with Crippen molar-refractivity contribution in [2.24, 2.45) is 11.8 Å². The van der Waals surface area contributed by atoms with Gasteiger partial charge in [0, 0.05) is 18.6 Å². The van der Waals surface area contributed by atoms with Crippen molar-refractivity contribution in [2.75, 3.05) is 6.61 Å². The van der Waals surface area contributed by atoms with Crippen LogP contribution in [0, 0.1) is 11.8 Å². The fraction of sp³-hybridized carbons (Fsp3) is 0.611. The van der Waals surface area contributed by atoms with E-state index in [1.165, 1.54) is 18.4 Å². The molecule has 5 heteroatoms. The Kier molecular flexibility index (Phi) is 3.99. The Morgan fingerprint density at radius 1 is 1.35 bits per heavy atom. The molecule has 3 unspecified atom stereocenters. The van der Waals surface area contributed by atoms with Gasteiger partial charge in [-0.25, -0.2) is 0 Å². The van der Waals surface area contributed by atoms with E-state index in [-0.39, 0.29) is 23.9 Å². The van der Waals surface area contributed by atoms with E-state index in [4.69, 9.17) is 4.74 Å². The van der Waals surface area contributed by atoms with Crippen molar-refractivity contribution < 1.29 is 9.53 Å². The topological polar surface area (TPSA) is 62.4 Å². The van der Waals surface area contributed by atoms with Crippen LogP contribution in [0.4, 0.5) is 0 Å². The first-order chi connectivity index (χ1) is 11.2. The van der Waals surface area contributed by atoms with Gasteiger partial charge in [-0.2, -0.15) is 0 Å². The van der Waals surface area contributed by atoms with Crippen molar-refractivity contribution in [3.05, 3.63) is 29.3 Å². The maximum atomic E-state index is 12.6. The number of hydrazine groups is 1. The fourth-order valence-corrected chi connectivity index (χ4v) is 3.81. The Labute approximate surface area is 137 Å². The van der Waals surface area contributed by atoms with Crippen LogP contribution in [-0.4, -0.2) is 24.6 Å². The molecule has 1 aromatic rings. The molecule has 1 saturated carbocycles. The minimum absolute atomic E-state index is 0.0171. The highest BCUT2D eigenvalue weighted by molar-refractivity contribution is 5.80. The van der Waals surface area contributed by atoms with E-state index in [1.807, 2.05) is 6.07 Å². The summed E-state index contributed by atoms with van der Waals surface area (Å²) in [7, 11) is 0. The number of carbonyl (C=O) groups excluding carboxylic acids is 1. The first-order valence-corrected chi connectivity index (χ1v) is 8.76. The van der Waals surface area contributed by atoms with Gasteiger partial charge in [0.05, 0.1) is 12.5 Å². The van der Waals surface area contributed by atoms with E-state index < -0.39 is 0 Å². The van der Waals surface area contributed by atoms with Crippen LogP contribution in [0.25, 0.3) is 0 Å². The van der Waals surface area contributed by atoms with Gasteiger partial charge in [0.15, 0.2) is 0 Å². The Morgan fingerprint density at radius 2 is 2.22 bits per heavy atom. The molecule has 2 fully saturated rings. The summed E-state index contributed by atoms with van der Waals surface area (Å²) in [6.07, 6.45) is 4.61. The van der Waals surface area contributed by atoms with Gasteiger partial charge < -0.3 is 10.1 Å². The highest BCUT2D eigenvalue weighted by Crippen LogP contribution is 2.38. The molecule has 1 saturated heterocycles. The lowest BCUT2D eigenvalue weighted by atomic mass is 9.91. The van der Waals surface area contributed by atoms with Gasteiger partial charge in [-0.15, -0.1) is 0 Å². The molecular weight excluding hydrogens is 290 g/mol. The SMILES string of the molecule is CC1NNC(C2CC2)C1C(=O)NCc1ccc2c(c1)CCCO2. The number of benzene rings is 1. The third-order valence-corrected chi connectivity index (χ3v) is 5.28. The van der Waals surface area contributed by atoms with Crippen LogP contribution in [0.3, 0.4) is 0 Å². The van der Waals surface area contributed by atoms with Gasteiger partial charge in [0.2, 0.25) is 5.91 Å². The zero-order chi connectivity index (χ0) is 15.8. The second-order valence-corrected chi connectivity index (χ2v) is 7.08. The molecule has 3 aliphatic rings. The second kappa shape index (κ2) is 6.13. The molecule has 0 aromatic heterocycles. The van der Waals surface area contributed by atoms with E-state index >= 15 is 0 Å². The minimum Gasteiger partial charge on any atom is -0.493 e. The van der Waals surface area contributed by atoms with Gasteiger partial charge >= 0.3 is 0 Å². The van der Waals surface area contributed by atoms with Crippen LogP contribution >= 0.6 is 0 Å². The van der Waals surface area contributed by atoms with Gasteiger partial charge in [-0.05, 0) is 55.7 Å². The summed E-state index contributed by atoms with van der Waals surface area (Å²) in [5.41, 5.74) is 8.96. The highest BCUT2D eigenvalue weighted by Gasteiger charge is 2.46. The molecule has 4 rings (SSSR count). The molecular formula is C18H25N3O2. The number of rotatable bonds is 4. The summed E-state index contributed by atoms with van der Waals surface area (Å²) in [6, 6.07) is 6.71. The Balaban J connectivity index is 1.39. The number of nitrogens with one attached hydrogen (secondary N) is 3. The largest absolute Gasteiger partial charge is 0.493 e.